The summed E-state index contributed by atoms with van der Waals surface area (Å²) < 4.78 is 34.5. The number of hydrogen-bond acceptors (Lipinski definition) is 4. The minimum Gasteiger partial charge on any atom is -0.748 e. The fourth-order valence-electron chi connectivity index (χ4n) is 3.64. The first kappa shape index (κ1) is 31.1. The number of aliphatic hydroxyl groups excluding tert-OH is 1. The zero-order chi connectivity index (χ0) is 20.4. The van der Waals surface area contributed by atoms with Gasteiger partial charge in [-0.05, 0) is 19.3 Å². The van der Waals surface area contributed by atoms with Gasteiger partial charge in [-0.15, -0.1) is 0 Å². The third-order valence-electron chi connectivity index (χ3n) is 5.46. The van der Waals surface area contributed by atoms with Crippen LogP contribution in [0.1, 0.15) is 129 Å². The average molecular weight is 429 g/mol. The summed E-state index contributed by atoms with van der Waals surface area (Å²) in [5.74, 6) is 0. The van der Waals surface area contributed by atoms with Crippen LogP contribution in [0.4, 0.5) is 0 Å². The van der Waals surface area contributed by atoms with Gasteiger partial charge < -0.3 is 9.66 Å². The molecule has 4 nitrogen and oxygen atoms in total. The monoisotopic (exact) mass is 428 g/mol. The van der Waals surface area contributed by atoms with Gasteiger partial charge in [0.05, 0.1) is 21.5 Å². The predicted molar refractivity (Wildman–Crippen MR) is 114 cm³/mol. The summed E-state index contributed by atoms with van der Waals surface area (Å²) in [4.78, 5) is 0. The first-order valence-electron chi connectivity index (χ1n) is 11.5. The smallest absolute Gasteiger partial charge is 0.748 e. The van der Waals surface area contributed by atoms with Gasteiger partial charge in [-0.1, -0.05) is 110 Å². The SMILES string of the molecule is CCCCCCCCCCCCC(CC(O)CCCCCCC)S(=O)(=O)[O-].[Na+]. The summed E-state index contributed by atoms with van der Waals surface area (Å²) in [7, 11) is -4.32. The third-order valence-corrected chi connectivity index (χ3v) is 6.71. The van der Waals surface area contributed by atoms with Crippen LogP contribution in [0, 0.1) is 0 Å². The molecular formula is C22H45NaO4S. The van der Waals surface area contributed by atoms with Crippen molar-refractivity contribution in [2.45, 2.75) is 141 Å². The summed E-state index contributed by atoms with van der Waals surface area (Å²) in [5.41, 5.74) is 0. The minimum atomic E-state index is -4.32. The molecule has 0 aromatic carbocycles. The molecule has 0 bridgehead atoms. The van der Waals surface area contributed by atoms with Crippen LogP contribution in [0.2, 0.25) is 0 Å². The molecule has 0 aromatic rings. The molecule has 2 unspecified atom stereocenters. The van der Waals surface area contributed by atoms with Crippen LogP contribution in [0.3, 0.4) is 0 Å². The van der Waals surface area contributed by atoms with Gasteiger partial charge in [0.15, 0.2) is 0 Å². The molecule has 0 spiro atoms. The zero-order valence-electron chi connectivity index (χ0n) is 19.0. The molecule has 0 saturated heterocycles. The number of unbranched alkanes of at least 4 members (excludes halogenated alkanes) is 13. The zero-order valence-corrected chi connectivity index (χ0v) is 21.8. The molecule has 0 amide bonds. The van der Waals surface area contributed by atoms with E-state index in [0.29, 0.717) is 12.8 Å². The van der Waals surface area contributed by atoms with E-state index in [2.05, 4.69) is 13.8 Å². The number of hydrogen-bond donors (Lipinski definition) is 1. The normalized spacial score (nSPS) is 13.9. The minimum absolute atomic E-state index is 0. The molecule has 2 atom stereocenters. The molecule has 1 N–H and O–H groups in total. The second-order valence-electron chi connectivity index (χ2n) is 8.18. The largest absolute Gasteiger partial charge is 1.00 e. The van der Waals surface area contributed by atoms with E-state index in [0.717, 1.165) is 38.5 Å². The Morgan fingerprint density at radius 3 is 1.43 bits per heavy atom. The molecule has 0 rings (SSSR count). The van der Waals surface area contributed by atoms with Gasteiger partial charge in [-0.25, -0.2) is 8.42 Å². The summed E-state index contributed by atoms with van der Waals surface area (Å²) in [6.45, 7) is 4.38. The van der Waals surface area contributed by atoms with Gasteiger partial charge in [0, 0.05) is 0 Å². The quantitative estimate of drug-likeness (QED) is 0.183. The molecule has 0 aromatic heterocycles. The van der Waals surface area contributed by atoms with Crippen molar-refractivity contribution in [2.24, 2.45) is 0 Å². The standard InChI is InChI=1S/C22H46O4S.Na/c1-3-5-7-9-10-11-12-13-15-17-19-22(27(24,25)26)20-21(23)18-16-14-8-6-4-2;/h21-23H,3-20H2,1-2H3,(H,24,25,26);/q;+1/p-1. The maximum Gasteiger partial charge on any atom is 1.00 e. The molecule has 0 aliphatic rings. The second-order valence-corrected chi connectivity index (χ2v) is 9.83. The Morgan fingerprint density at radius 1 is 0.679 bits per heavy atom. The molecule has 0 saturated carbocycles. The molecule has 0 aliphatic carbocycles. The van der Waals surface area contributed by atoms with Crippen molar-refractivity contribution in [3.8, 4) is 0 Å². The summed E-state index contributed by atoms with van der Waals surface area (Å²) in [6, 6.07) is 0. The molecule has 0 radical (unpaired) electrons. The van der Waals surface area contributed by atoms with Gasteiger partial charge in [0.25, 0.3) is 0 Å². The van der Waals surface area contributed by atoms with Crippen LogP contribution < -0.4 is 29.6 Å². The van der Waals surface area contributed by atoms with E-state index < -0.39 is 21.5 Å². The average Bonchev–Trinajstić information content (AvgIpc) is 2.61. The van der Waals surface area contributed by atoms with Gasteiger partial charge in [-0.3, -0.25) is 0 Å². The van der Waals surface area contributed by atoms with E-state index in [9.17, 15) is 18.1 Å². The fourth-order valence-corrected chi connectivity index (χ4v) is 4.56. The van der Waals surface area contributed by atoms with E-state index in [1.165, 1.54) is 57.8 Å². The maximum absolute atomic E-state index is 11.5. The molecule has 28 heavy (non-hydrogen) atoms. The Bertz CT molecular complexity index is 415. The van der Waals surface area contributed by atoms with Gasteiger partial charge in [0.2, 0.25) is 0 Å². The van der Waals surface area contributed by atoms with Crippen molar-refractivity contribution in [1.29, 1.82) is 0 Å². The molecule has 0 fully saturated rings. The van der Waals surface area contributed by atoms with Crippen molar-refractivity contribution in [1.82, 2.24) is 0 Å². The van der Waals surface area contributed by atoms with Crippen molar-refractivity contribution in [3.63, 3.8) is 0 Å². The van der Waals surface area contributed by atoms with Crippen molar-refractivity contribution in [2.75, 3.05) is 0 Å². The maximum atomic E-state index is 11.5. The van der Waals surface area contributed by atoms with E-state index >= 15 is 0 Å². The van der Waals surface area contributed by atoms with Crippen LogP contribution >= 0.6 is 0 Å². The topological polar surface area (TPSA) is 77.4 Å². The van der Waals surface area contributed by atoms with E-state index in [1.54, 1.807) is 0 Å². The van der Waals surface area contributed by atoms with E-state index in [4.69, 9.17) is 0 Å². The predicted octanol–water partition coefficient (Wildman–Crippen LogP) is 3.33. The first-order chi connectivity index (χ1) is 12.9. The Balaban J connectivity index is 0. The van der Waals surface area contributed by atoms with Crippen LogP contribution in [0.5, 0.6) is 0 Å². The molecular weight excluding hydrogens is 383 g/mol. The van der Waals surface area contributed by atoms with Gasteiger partial charge >= 0.3 is 29.6 Å². The Kier molecular flexibility index (Phi) is 23.4. The van der Waals surface area contributed by atoms with Crippen molar-refractivity contribution >= 4 is 10.1 Å². The van der Waals surface area contributed by atoms with Gasteiger partial charge in [0.1, 0.15) is 0 Å². The first-order valence-corrected chi connectivity index (χ1v) is 13.0. The number of rotatable bonds is 20. The molecule has 164 valence electrons. The summed E-state index contributed by atoms with van der Waals surface area (Å²) in [5, 5.41) is 9.18. The molecule has 0 heterocycles. The third kappa shape index (κ3) is 20.2. The summed E-state index contributed by atoms with van der Waals surface area (Å²) >= 11 is 0. The number of aliphatic hydroxyl groups is 1. The van der Waals surface area contributed by atoms with Crippen molar-refractivity contribution < 1.29 is 47.6 Å². The van der Waals surface area contributed by atoms with Crippen LogP contribution in [0.15, 0.2) is 0 Å². The van der Waals surface area contributed by atoms with Crippen LogP contribution in [0.25, 0.3) is 0 Å². The fraction of sp³-hybridized carbons (Fsp3) is 1.00. The Hall–Kier alpha value is 0.870. The second kappa shape index (κ2) is 21.1. The van der Waals surface area contributed by atoms with Crippen LogP contribution in [-0.4, -0.2) is 29.4 Å². The van der Waals surface area contributed by atoms with Gasteiger partial charge in [-0.2, -0.15) is 0 Å². The summed E-state index contributed by atoms with van der Waals surface area (Å²) in [6.07, 6.45) is 17.8. The van der Waals surface area contributed by atoms with Crippen molar-refractivity contribution in [3.05, 3.63) is 0 Å². The van der Waals surface area contributed by atoms with E-state index in [1.807, 2.05) is 0 Å². The molecule has 0 aliphatic heterocycles. The Labute approximate surface area is 197 Å². The molecule has 6 heteroatoms. The van der Waals surface area contributed by atoms with E-state index in [-0.39, 0.29) is 36.0 Å². The van der Waals surface area contributed by atoms with Crippen LogP contribution in [-0.2, 0) is 10.1 Å². The Morgan fingerprint density at radius 2 is 1.04 bits per heavy atom.